The van der Waals surface area contributed by atoms with E-state index in [0.717, 1.165) is 24.2 Å². The topological polar surface area (TPSA) is 83.4 Å². The smallest absolute Gasteiger partial charge is 0.275 e. The van der Waals surface area contributed by atoms with E-state index in [-0.39, 0.29) is 17.5 Å². The molecule has 25 heavy (non-hydrogen) atoms. The molecule has 1 aliphatic heterocycles. The Morgan fingerprint density at radius 3 is 2.80 bits per heavy atom. The molecule has 7 heteroatoms. The standard InChI is InChI=1S/C18H19N5O2/c1-11-12(2)20-16-10-14(21-23(16)17(11)24)15-4-3-9-22(15)18(25)13-5-7-19-8-6-13/h5-8,10,15,21H,3-4,9H2,1-2H3/t15-/m0/s1. The van der Waals surface area contributed by atoms with Gasteiger partial charge in [0.2, 0.25) is 0 Å². The maximum atomic E-state index is 12.8. The number of amides is 1. The molecule has 1 fully saturated rings. The van der Waals surface area contributed by atoms with Crippen molar-refractivity contribution in [3.05, 3.63) is 63.5 Å². The fraction of sp³-hybridized carbons (Fsp3) is 0.333. The number of aryl methyl sites for hydroxylation is 1. The van der Waals surface area contributed by atoms with Gasteiger partial charge in [0.1, 0.15) is 0 Å². The van der Waals surface area contributed by atoms with E-state index in [0.29, 0.717) is 23.3 Å². The molecule has 1 aliphatic rings. The van der Waals surface area contributed by atoms with Gasteiger partial charge in [-0.05, 0) is 38.8 Å². The average molecular weight is 337 g/mol. The first-order valence-corrected chi connectivity index (χ1v) is 8.36. The summed E-state index contributed by atoms with van der Waals surface area (Å²) in [5.74, 6) is -0.0174. The summed E-state index contributed by atoms with van der Waals surface area (Å²) in [4.78, 5) is 35.5. The van der Waals surface area contributed by atoms with Crippen molar-refractivity contribution >= 4 is 11.6 Å². The summed E-state index contributed by atoms with van der Waals surface area (Å²) in [5, 5.41) is 3.15. The van der Waals surface area contributed by atoms with Gasteiger partial charge in [0.05, 0.1) is 11.7 Å². The number of H-pyrrole nitrogens is 1. The van der Waals surface area contributed by atoms with Gasteiger partial charge in [0.25, 0.3) is 11.5 Å². The number of hydrogen-bond acceptors (Lipinski definition) is 4. The van der Waals surface area contributed by atoms with Crippen LogP contribution in [0, 0.1) is 13.8 Å². The van der Waals surface area contributed by atoms with Crippen LogP contribution in [0.1, 0.15) is 46.2 Å². The van der Waals surface area contributed by atoms with E-state index in [1.807, 2.05) is 17.9 Å². The van der Waals surface area contributed by atoms with E-state index < -0.39 is 0 Å². The zero-order chi connectivity index (χ0) is 17.6. The molecule has 1 saturated heterocycles. The Labute approximate surface area is 144 Å². The van der Waals surface area contributed by atoms with Crippen LogP contribution in [0.4, 0.5) is 0 Å². The van der Waals surface area contributed by atoms with E-state index in [1.54, 1.807) is 31.5 Å². The Morgan fingerprint density at radius 1 is 1.28 bits per heavy atom. The Balaban J connectivity index is 1.73. The van der Waals surface area contributed by atoms with E-state index in [4.69, 9.17) is 0 Å². The van der Waals surface area contributed by atoms with Crippen molar-refractivity contribution in [2.24, 2.45) is 0 Å². The summed E-state index contributed by atoms with van der Waals surface area (Å²) in [5.41, 5.74) is 3.31. The highest BCUT2D eigenvalue weighted by molar-refractivity contribution is 5.94. The third-order valence-corrected chi connectivity index (χ3v) is 4.90. The van der Waals surface area contributed by atoms with Gasteiger partial charge >= 0.3 is 0 Å². The van der Waals surface area contributed by atoms with Gasteiger partial charge in [-0.2, -0.15) is 0 Å². The molecule has 4 heterocycles. The highest BCUT2D eigenvalue weighted by atomic mass is 16.2. The number of likely N-dealkylation sites (tertiary alicyclic amines) is 1. The number of carbonyl (C=O) groups excluding carboxylic acids is 1. The van der Waals surface area contributed by atoms with Gasteiger partial charge in [0, 0.05) is 41.8 Å². The molecule has 0 bridgehead atoms. The second kappa shape index (κ2) is 5.84. The molecule has 0 saturated carbocycles. The van der Waals surface area contributed by atoms with E-state index in [2.05, 4.69) is 15.1 Å². The predicted molar refractivity (Wildman–Crippen MR) is 92.5 cm³/mol. The molecule has 0 spiro atoms. The summed E-state index contributed by atoms with van der Waals surface area (Å²) in [6, 6.07) is 5.24. The first kappa shape index (κ1) is 15.6. The second-order valence-corrected chi connectivity index (χ2v) is 6.42. The lowest BCUT2D eigenvalue weighted by Crippen LogP contribution is -2.31. The molecule has 7 nitrogen and oxygen atoms in total. The lowest BCUT2D eigenvalue weighted by Gasteiger charge is -2.23. The van der Waals surface area contributed by atoms with Crippen LogP contribution in [0.5, 0.6) is 0 Å². The van der Waals surface area contributed by atoms with Gasteiger partial charge in [-0.3, -0.25) is 19.7 Å². The molecule has 1 atom stereocenters. The zero-order valence-corrected chi connectivity index (χ0v) is 14.2. The fourth-order valence-electron chi connectivity index (χ4n) is 3.40. The van der Waals surface area contributed by atoms with Crippen LogP contribution in [0.2, 0.25) is 0 Å². The zero-order valence-electron chi connectivity index (χ0n) is 14.2. The largest absolute Gasteiger partial charge is 0.330 e. The van der Waals surface area contributed by atoms with Crippen molar-refractivity contribution in [3.63, 3.8) is 0 Å². The monoisotopic (exact) mass is 337 g/mol. The van der Waals surface area contributed by atoms with Gasteiger partial charge in [-0.1, -0.05) is 0 Å². The summed E-state index contributed by atoms with van der Waals surface area (Å²) >= 11 is 0. The van der Waals surface area contributed by atoms with Crippen LogP contribution >= 0.6 is 0 Å². The number of hydrogen-bond donors (Lipinski definition) is 1. The number of nitrogens with one attached hydrogen (secondary N) is 1. The SMILES string of the molecule is Cc1nc2cc([C@@H]3CCCN3C(=O)c3ccncc3)[nH]n2c(=O)c1C. The van der Waals surface area contributed by atoms with E-state index in [9.17, 15) is 9.59 Å². The first-order chi connectivity index (χ1) is 12.1. The quantitative estimate of drug-likeness (QED) is 0.775. The van der Waals surface area contributed by atoms with Crippen LogP contribution < -0.4 is 5.56 Å². The minimum Gasteiger partial charge on any atom is -0.330 e. The minimum absolute atomic E-state index is 0.0174. The fourth-order valence-corrected chi connectivity index (χ4v) is 3.40. The maximum Gasteiger partial charge on any atom is 0.275 e. The molecule has 0 aromatic carbocycles. The molecule has 3 aromatic heterocycles. The normalized spacial score (nSPS) is 17.4. The summed E-state index contributed by atoms with van der Waals surface area (Å²) < 4.78 is 1.46. The molecule has 3 aromatic rings. The number of rotatable bonds is 2. The molecular formula is C18H19N5O2. The molecule has 1 N–H and O–H groups in total. The van der Waals surface area contributed by atoms with Crippen molar-refractivity contribution < 1.29 is 4.79 Å². The first-order valence-electron chi connectivity index (χ1n) is 8.36. The molecule has 4 rings (SSSR count). The number of fused-ring (bicyclic) bond motifs is 1. The molecular weight excluding hydrogens is 318 g/mol. The summed E-state index contributed by atoms with van der Waals surface area (Å²) in [6.07, 6.45) is 5.03. The van der Waals surface area contributed by atoms with Crippen LogP contribution in [-0.2, 0) is 0 Å². The van der Waals surface area contributed by atoms with Gasteiger partial charge < -0.3 is 4.90 Å². The molecule has 0 unspecified atom stereocenters. The van der Waals surface area contributed by atoms with Crippen molar-refractivity contribution in [2.45, 2.75) is 32.7 Å². The number of nitrogens with zero attached hydrogens (tertiary/aromatic N) is 4. The third-order valence-electron chi connectivity index (χ3n) is 4.90. The predicted octanol–water partition coefficient (Wildman–Crippen LogP) is 2.01. The Bertz CT molecular complexity index is 1010. The van der Waals surface area contributed by atoms with Crippen LogP contribution in [0.15, 0.2) is 35.4 Å². The van der Waals surface area contributed by atoms with Gasteiger partial charge in [-0.25, -0.2) is 9.50 Å². The van der Waals surface area contributed by atoms with Crippen LogP contribution in [0.3, 0.4) is 0 Å². The van der Waals surface area contributed by atoms with E-state index >= 15 is 0 Å². The van der Waals surface area contributed by atoms with Crippen LogP contribution in [-0.4, -0.2) is 36.9 Å². The Kier molecular flexibility index (Phi) is 3.63. The lowest BCUT2D eigenvalue weighted by molar-refractivity contribution is 0.0732. The van der Waals surface area contributed by atoms with Crippen molar-refractivity contribution in [1.29, 1.82) is 0 Å². The number of aromatic nitrogens is 4. The van der Waals surface area contributed by atoms with E-state index in [1.165, 1.54) is 4.52 Å². The number of aromatic amines is 1. The molecule has 0 aliphatic carbocycles. The Hall–Kier alpha value is -2.96. The number of carbonyl (C=O) groups is 1. The molecule has 0 radical (unpaired) electrons. The van der Waals surface area contributed by atoms with Crippen molar-refractivity contribution in [3.8, 4) is 0 Å². The minimum atomic E-state index is -0.0984. The van der Waals surface area contributed by atoms with Crippen molar-refractivity contribution in [1.82, 2.24) is 24.5 Å². The average Bonchev–Trinajstić information content (AvgIpc) is 3.26. The van der Waals surface area contributed by atoms with Gasteiger partial charge in [-0.15, -0.1) is 0 Å². The molecule has 1 amide bonds. The van der Waals surface area contributed by atoms with Gasteiger partial charge in [0.15, 0.2) is 5.65 Å². The second-order valence-electron chi connectivity index (χ2n) is 6.42. The third kappa shape index (κ3) is 2.52. The lowest BCUT2D eigenvalue weighted by atomic mass is 10.1. The summed E-state index contributed by atoms with van der Waals surface area (Å²) in [7, 11) is 0. The number of pyridine rings is 1. The highest BCUT2D eigenvalue weighted by Gasteiger charge is 2.32. The highest BCUT2D eigenvalue weighted by Crippen LogP contribution is 2.32. The Morgan fingerprint density at radius 2 is 2.04 bits per heavy atom. The van der Waals surface area contributed by atoms with Crippen molar-refractivity contribution in [2.75, 3.05) is 6.54 Å². The summed E-state index contributed by atoms with van der Waals surface area (Å²) in [6.45, 7) is 4.30. The van der Waals surface area contributed by atoms with Crippen LogP contribution in [0.25, 0.3) is 5.65 Å². The maximum absolute atomic E-state index is 12.8. The molecule has 128 valence electrons.